The number of para-hydroxylation sites is 1. The van der Waals surface area contributed by atoms with Crippen LogP contribution in [0.5, 0.6) is 11.5 Å². The Morgan fingerprint density at radius 3 is 2.16 bits per heavy atom. The molecule has 0 bridgehead atoms. The smallest absolute Gasteiger partial charge is 0.304 e. The monoisotopic (exact) mass is 566 g/mol. The summed E-state index contributed by atoms with van der Waals surface area (Å²) in [7, 11) is -2.85. The number of methoxy groups -OCH3 is 2. The van der Waals surface area contributed by atoms with Crippen LogP contribution in [-0.4, -0.2) is 61.9 Å². The number of hydrogen-bond acceptors (Lipinski definition) is 7. The Morgan fingerprint density at radius 1 is 0.921 bits per heavy atom. The van der Waals surface area contributed by atoms with Crippen LogP contribution >= 0.6 is 0 Å². The predicted octanol–water partition coefficient (Wildman–Crippen LogP) is 2.90. The fourth-order valence-electron chi connectivity index (χ4n) is 3.28. The number of nitrogens with one attached hydrogen (secondary N) is 2. The fraction of sp³-hybridized carbons (Fsp3) is 0.208. The lowest BCUT2D eigenvalue weighted by Gasteiger charge is -2.27. The number of carbonyl (C=O) groups is 1. The zero-order valence-corrected chi connectivity index (χ0v) is 22.6. The van der Waals surface area contributed by atoms with E-state index >= 15 is 0 Å². The minimum atomic E-state index is -4.21. The highest BCUT2D eigenvalue weighted by molar-refractivity contribution is 7.92. The maximum Gasteiger partial charge on any atom is 0.304 e. The Labute approximate surface area is 221 Å². The van der Waals surface area contributed by atoms with E-state index in [9.17, 15) is 26.0 Å². The highest BCUT2D eigenvalue weighted by Crippen LogP contribution is 2.31. The van der Waals surface area contributed by atoms with E-state index < -0.39 is 38.5 Å². The van der Waals surface area contributed by atoms with E-state index in [0.29, 0.717) is 10.1 Å². The van der Waals surface area contributed by atoms with Gasteiger partial charge in [0.1, 0.15) is 23.9 Å². The third-order valence-electron chi connectivity index (χ3n) is 5.25. The molecule has 0 fully saturated rings. The normalized spacial score (nSPS) is 11.6. The molecule has 0 unspecified atom stereocenters. The molecule has 0 saturated carbocycles. The SMILES string of the molecule is COc1ccc(NS(=O)(=O)c2ccc(NC(=O)CN(c3ccccc3F)S(=O)(=O)N(C)C)cc2)c(OC)c1. The molecule has 0 atom stereocenters. The van der Waals surface area contributed by atoms with Gasteiger partial charge in [-0.1, -0.05) is 12.1 Å². The van der Waals surface area contributed by atoms with E-state index in [-0.39, 0.29) is 27.7 Å². The lowest BCUT2D eigenvalue weighted by Crippen LogP contribution is -2.44. The van der Waals surface area contributed by atoms with Gasteiger partial charge in [-0.25, -0.2) is 17.1 Å². The molecule has 3 rings (SSSR count). The van der Waals surface area contributed by atoms with Crippen LogP contribution in [-0.2, 0) is 25.0 Å². The predicted molar refractivity (Wildman–Crippen MR) is 142 cm³/mol. The van der Waals surface area contributed by atoms with E-state index in [1.165, 1.54) is 82.9 Å². The van der Waals surface area contributed by atoms with Crippen LogP contribution in [0, 0.1) is 5.82 Å². The van der Waals surface area contributed by atoms with Gasteiger partial charge in [0.05, 0.1) is 30.5 Å². The molecule has 0 saturated heterocycles. The second-order valence-corrected chi connectivity index (χ2v) is 11.7. The molecule has 38 heavy (non-hydrogen) atoms. The number of sulfonamides is 1. The molecule has 0 aromatic heterocycles. The van der Waals surface area contributed by atoms with Crippen LogP contribution in [0.4, 0.5) is 21.5 Å². The molecule has 3 aromatic rings. The van der Waals surface area contributed by atoms with Crippen molar-refractivity contribution in [3.63, 3.8) is 0 Å². The topological polar surface area (TPSA) is 134 Å². The molecule has 14 heteroatoms. The summed E-state index contributed by atoms with van der Waals surface area (Å²) in [5, 5.41) is 2.50. The van der Waals surface area contributed by atoms with Crippen molar-refractivity contribution in [2.24, 2.45) is 0 Å². The Balaban J connectivity index is 1.77. The molecule has 0 aliphatic heterocycles. The lowest BCUT2D eigenvalue weighted by atomic mass is 10.3. The number of benzene rings is 3. The Morgan fingerprint density at radius 2 is 1.58 bits per heavy atom. The molecular weight excluding hydrogens is 539 g/mol. The average molecular weight is 567 g/mol. The van der Waals surface area contributed by atoms with Gasteiger partial charge in [0.25, 0.3) is 10.0 Å². The van der Waals surface area contributed by atoms with E-state index in [2.05, 4.69) is 10.0 Å². The summed E-state index contributed by atoms with van der Waals surface area (Å²) in [6, 6.07) is 15.0. The molecule has 0 spiro atoms. The number of amides is 1. The minimum absolute atomic E-state index is 0.100. The molecular formula is C24H27FN4O7S2. The van der Waals surface area contributed by atoms with Gasteiger partial charge in [0.15, 0.2) is 0 Å². The van der Waals surface area contributed by atoms with Crippen molar-refractivity contribution in [3.8, 4) is 11.5 Å². The van der Waals surface area contributed by atoms with Gasteiger partial charge in [-0.2, -0.15) is 12.7 Å². The summed E-state index contributed by atoms with van der Waals surface area (Å²) in [5.41, 5.74) is 0.102. The largest absolute Gasteiger partial charge is 0.497 e. The highest BCUT2D eigenvalue weighted by atomic mass is 32.2. The van der Waals surface area contributed by atoms with Gasteiger partial charge in [-0.05, 0) is 48.5 Å². The summed E-state index contributed by atoms with van der Waals surface area (Å²) in [5.74, 6) is -0.850. The molecule has 3 aromatic carbocycles. The molecule has 0 aliphatic rings. The van der Waals surface area contributed by atoms with Crippen molar-refractivity contribution in [3.05, 3.63) is 72.5 Å². The van der Waals surface area contributed by atoms with E-state index in [4.69, 9.17) is 9.47 Å². The number of nitrogens with zero attached hydrogens (tertiary/aromatic N) is 2. The molecule has 2 N–H and O–H groups in total. The summed E-state index contributed by atoms with van der Waals surface area (Å²) in [6.45, 7) is -0.722. The van der Waals surface area contributed by atoms with Crippen LogP contribution in [0.1, 0.15) is 0 Å². The van der Waals surface area contributed by atoms with Crippen molar-refractivity contribution in [2.45, 2.75) is 4.90 Å². The first kappa shape index (κ1) is 28.7. The number of ether oxygens (including phenoxy) is 2. The van der Waals surface area contributed by atoms with Gasteiger partial charge in [-0.15, -0.1) is 0 Å². The summed E-state index contributed by atoms with van der Waals surface area (Å²) in [6.07, 6.45) is 0. The van der Waals surface area contributed by atoms with Crippen molar-refractivity contribution in [2.75, 3.05) is 49.2 Å². The number of carbonyl (C=O) groups excluding carboxylic acids is 1. The van der Waals surface area contributed by atoms with Crippen molar-refractivity contribution >= 4 is 43.2 Å². The van der Waals surface area contributed by atoms with Crippen LogP contribution in [0.2, 0.25) is 0 Å². The maximum absolute atomic E-state index is 14.4. The number of anilines is 3. The minimum Gasteiger partial charge on any atom is -0.497 e. The Kier molecular flexibility index (Phi) is 8.81. The quantitative estimate of drug-likeness (QED) is 0.365. The second-order valence-electron chi connectivity index (χ2n) is 7.99. The van der Waals surface area contributed by atoms with Crippen LogP contribution in [0.3, 0.4) is 0 Å². The second kappa shape index (κ2) is 11.7. The Hall–Kier alpha value is -3.88. The number of rotatable bonds is 11. The molecule has 0 radical (unpaired) electrons. The third-order valence-corrected chi connectivity index (χ3v) is 8.44. The molecule has 0 aliphatic carbocycles. The number of halogens is 1. The zero-order chi connectivity index (χ0) is 28.1. The molecule has 0 heterocycles. The Bertz CT molecular complexity index is 1510. The lowest BCUT2D eigenvalue weighted by molar-refractivity contribution is -0.114. The summed E-state index contributed by atoms with van der Waals surface area (Å²) < 4.78 is 79.9. The van der Waals surface area contributed by atoms with E-state index in [1.54, 1.807) is 6.07 Å². The molecule has 11 nitrogen and oxygen atoms in total. The molecule has 204 valence electrons. The van der Waals surface area contributed by atoms with Gasteiger partial charge in [0, 0.05) is 25.8 Å². The summed E-state index contributed by atoms with van der Waals surface area (Å²) in [4.78, 5) is 12.6. The van der Waals surface area contributed by atoms with Crippen molar-refractivity contribution in [1.82, 2.24) is 4.31 Å². The van der Waals surface area contributed by atoms with Gasteiger partial charge >= 0.3 is 10.2 Å². The fourth-order valence-corrected chi connectivity index (χ4v) is 5.42. The average Bonchev–Trinajstić information content (AvgIpc) is 2.88. The first-order chi connectivity index (χ1) is 17.9. The summed E-state index contributed by atoms with van der Waals surface area (Å²) >= 11 is 0. The molecule has 1 amide bonds. The van der Waals surface area contributed by atoms with E-state index in [1.807, 2.05) is 0 Å². The van der Waals surface area contributed by atoms with Crippen LogP contribution in [0.15, 0.2) is 71.6 Å². The van der Waals surface area contributed by atoms with Gasteiger partial charge in [-0.3, -0.25) is 9.52 Å². The highest BCUT2D eigenvalue weighted by Gasteiger charge is 2.29. The van der Waals surface area contributed by atoms with Gasteiger partial charge in [0.2, 0.25) is 5.91 Å². The number of hydrogen-bond donors (Lipinski definition) is 2. The standard InChI is InChI=1S/C24H27FN4O7S2/c1-28(2)38(33,34)29(22-8-6-5-7-20(22)25)16-24(30)26-17-9-12-19(13-10-17)37(31,32)27-21-14-11-18(35-3)15-23(21)36-4/h5-15,27H,16H2,1-4H3,(H,26,30). The van der Waals surface area contributed by atoms with Crippen LogP contribution < -0.4 is 23.8 Å². The van der Waals surface area contributed by atoms with Gasteiger partial charge < -0.3 is 14.8 Å². The third kappa shape index (κ3) is 6.51. The van der Waals surface area contributed by atoms with Crippen molar-refractivity contribution < 1.29 is 35.5 Å². The van der Waals surface area contributed by atoms with Crippen LogP contribution in [0.25, 0.3) is 0 Å². The first-order valence-electron chi connectivity index (χ1n) is 11.0. The van der Waals surface area contributed by atoms with Crippen molar-refractivity contribution in [1.29, 1.82) is 0 Å². The maximum atomic E-state index is 14.4. The zero-order valence-electron chi connectivity index (χ0n) is 21.0. The van der Waals surface area contributed by atoms with E-state index in [0.717, 1.165) is 10.4 Å². The first-order valence-corrected chi connectivity index (χ1v) is 13.9.